The van der Waals surface area contributed by atoms with Crippen molar-refractivity contribution in [1.29, 1.82) is 0 Å². The molecule has 0 aliphatic heterocycles. The quantitative estimate of drug-likeness (QED) is 0.0786. The fourth-order valence-corrected chi connectivity index (χ4v) is 4.28. The van der Waals surface area contributed by atoms with Crippen LogP contribution in [0.4, 0.5) is 0 Å². The van der Waals surface area contributed by atoms with Crippen molar-refractivity contribution in [1.82, 2.24) is 5.43 Å². The van der Waals surface area contributed by atoms with Gasteiger partial charge in [-0.05, 0) is 90.5 Å². The van der Waals surface area contributed by atoms with Crippen LogP contribution >= 0.6 is 23.2 Å². The third-order valence-electron chi connectivity index (χ3n) is 6.34. The van der Waals surface area contributed by atoms with E-state index < -0.39 is 23.9 Å². The van der Waals surface area contributed by atoms with Crippen molar-refractivity contribution in [3.63, 3.8) is 0 Å². The second kappa shape index (κ2) is 13.9. The molecule has 0 aromatic heterocycles. The summed E-state index contributed by atoms with van der Waals surface area (Å²) in [6.45, 7) is 1.60. The number of rotatable bonds is 9. The van der Waals surface area contributed by atoms with Gasteiger partial charge < -0.3 is 14.2 Å². The van der Waals surface area contributed by atoms with Crippen molar-refractivity contribution in [2.24, 2.45) is 5.10 Å². The number of hydrogen-bond donors (Lipinski definition) is 1. The first-order valence-corrected chi connectivity index (χ1v) is 14.1. The van der Waals surface area contributed by atoms with Gasteiger partial charge in [0.1, 0.15) is 17.2 Å². The van der Waals surface area contributed by atoms with Crippen LogP contribution in [0.25, 0.3) is 10.8 Å². The fourth-order valence-electron chi connectivity index (χ4n) is 4.02. The van der Waals surface area contributed by atoms with E-state index in [1.807, 2.05) is 36.4 Å². The van der Waals surface area contributed by atoms with Gasteiger partial charge in [0.15, 0.2) is 6.10 Å². The minimum Gasteiger partial charge on any atom is -0.481 e. The van der Waals surface area contributed by atoms with Gasteiger partial charge in [-0.1, -0.05) is 53.5 Å². The molecule has 0 radical (unpaired) electrons. The maximum absolute atomic E-state index is 12.9. The van der Waals surface area contributed by atoms with E-state index in [1.54, 1.807) is 37.3 Å². The molecule has 0 fully saturated rings. The monoisotopic (exact) mass is 626 g/mol. The van der Waals surface area contributed by atoms with Crippen molar-refractivity contribution in [2.75, 3.05) is 0 Å². The predicted octanol–water partition coefficient (Wildman–Crippen LogP) is 7.50. The van der Waals surface area contributed by atoms with Crippen LogP contribution < -0.4 is 19.6 Å². The van der Waals surface area contributed by atoms with E-state index in [1.165, 1.54) is 48.7 Å². The van der Waals surface area contributed by atoms with Crippen LogP contribution in [0.3, 0.4) is 0 Å². The Bertz CT molecular complexity index is 1860. The summed E-state index contributed by atoms with van der Waals surface area (Å²) in [5, 5.41) is 6.99. The number of carbonyl (C=O) groups is 3. The van der Waals surface area contributed by atoms with Gasteiger partial charge in [-0.15, -0.1) is 0 Å². The minimum atomic E-state index is -0.856. The van der Waals surface area contributed by atoms with Gasteiger partial charge >= 0.3 is 11.9 Å². The van der Waals surface area contributed by atoms with Crippen molar-refractivity contribution >= 4 is 58.0 Å². The van der Waals surface area contributed by atoms with Gasteiger partial charge in [-0.2, -0.15) is 5.10 Å². The average molecular weight is 627 g/mol. The van der Waals surface area contributed by atoms with Crippen LogP contribution in [-0.2, 0) is 4.79 Å². The smallest absolute Gasteiger partial charge is 0.343 e. The van der Waals surface area contributed by atoms with Gasteiger partial charge in [0.05, 0.1) is 17.3 Å². The number of fused-ring (bicyclic) bond motifs is 1. The Balaban J connectivity index is 1.30. The summed E-state index contributed by atoms with van der Waals surface area (Å²) in [4.78, 5) is 38.2. The van der Waals surface area contributed by atoms with E-state index in [0.29, 0.717) is 21.4 Å². The first-order valence-electron chi connectivity index (χ1n) is 13.3. The molecule has 0 aliphatic carbocycles. The molecule has 0 spiro atoms. The molecular formula is C34H24Cl2N2O6. The Labute approximate surface area is 262 Å². The molecule has 0 saturated carbocycles. The SMILES string of the molecule is CC(Oc1ccc2ccccc2c1)C(=O)N/N=C/c1ccc(OC(=O)c2ccc(Cl)cc2)cc1OC(=O)c1ccc(Cl)cc1. The van der Waals surface area contributed by atoms with Crippen molar-refractivity contribution < 1.29 is 28.6 Å². The molecule has 8 nitrogen and oxygen atoms in total. The molecule has 0 saturated heterocycles. The molecule has 5 aromatic rings. The number of esters is 2. The summed E-state index contributed by atoms with van der Waals surface area (Å²) in [6.07, 6.45) is 0.445. The first-order chi connectivity index (χ1) is 21.2. The van der Waals surface area contributed by atoms with Crippen LogP contribution in [0, 0.1) is 0 Å². The molecule has 44 heavy (non-hydrogen) atoms. The first kappa shape index (κ1) is 30.3. The number of nitrogens with one attached hydrogen (secondary N) is 1. The molecule has 1 N–H and O–H groups in total. The largest absolute Gasteiger partial charge is 0.481 e. The third-order valence-corrected chi connectivity index (χ3v) is 6.84. The van der Waals surface area contributed by atoms with E-state index in [4.69, 9.17) is 37.4 Å². The lowest BCUT2D eigenvalue weighted by molar-refractivity contribution is -0.127. The Hall–Kier alpha value is -5.18. The predicted molar refractivity (Wildman–Crippen MR) is 169 cm³/mol. The lowest BCUT2D eigenvalue weighted by Gasteiger charge is -2.13. The van der Waals surface area contributed by atoms with Crippen LogP contribution in [0.5, 0.6) is 17.2 Å². The highest BCUT2D eigenvalue weighted by Gasteiger charge is 2.17. The van der Waals surface area contributed by atoms with E-state index in [9.17, 15) is 14.4 Å². The van der Waals surface area contributed by atoms with Gasteiger partial charge in [0.25, 0.3) is 5.91 Å². The summed E-state index contributed by atoms with van der Waals surface area (Å²) in [7, 11) is 0. The molecule has 10 heteroatoms. The Morgan fingerprint density at radius 3 is 1.95 bits per heavy atom. The van der Waals surface area contributed by atoms with Crippen molar-refractivity contribution in [2.45, 2.75) is 13.0 Å². The van der Waals surface area contributed by atoms with Crippen LogP contribution in [-0.4, -0.2) is 30.2 Å². The second-order valence-corrected chi connectivity index (χ2v) is 10.4. The molecule has 0 heterocycles. The number of hydrogen-bond acceptors (Lipinski definition) is 7. The number of benzene rings is 5. The van der Waals surface area contributed by atoms with Crippen LogP contribution in [0.1, 0.15) is 33.2 Å². The van der Waals surface area contributed by atoms with Gasteiger partial charge in [-0.3, -0.25) is 4.79 Å². The highest BCUT2D eigenvalue weighted by molar-refractivity contribution is 6.31. The number of amides is 1. The zero-order valence-corrected chi connectivity index (χ0v) is 24.7. The topological polar surface area (TPSA) is 103 Å². The molecule has 1 amide bonds. The number of hydrazone groups is 1. The summed E-state index contributed by atoms with van der Waals surface area (Å²) in [6, 6.07) is 30.1. The Kier molecular flexibility index (Phi) is 9.54. The van der Waals surface area contributed by atoms with Crippen molar-refractivity contribution in [3.8, 4) is 17.2 Å². The van der Waals surface area contributed by atoms with E-state index >= 15 is 0 Å². The maximum Gasteiger partial charge on any atom is 0.343 e. The summed E-state index contributed by atoms with van der Waals surface area (Å²) in [5.74, 6) is -1.13. The summed E-state index contributed by atoms with van der Waals surface area (Å²) >= 11 is 11.8. The highest BCUT2D eigenvalue weighted by atomic mass is 35.5. The molecule has 1 unspecified atom stereocenters. The molecule has 5 rings (SSSR count). The van der Waals surface area contributed by atoms with Gasteiger partial charge in [0, 0.05) is 21.7 Å². The number of nitrogens with zero attached hydrogens (tertiary/aromatic N) is 1. The standard InChI is InChI=1S/C34H24Cl2N2O6/c1-21(42-29-16-10-22-4-2-3-5-25(22)18-29)32(39)38-37-20-26-11-17-30(43-33(40)23-6-12-27(35)13-7-23)19-31(26)44-34(41)24-8-14-28(36)15-9-24/h2-21H,1H3,(H,38,39)/b37-20+. The lowest BCUT2D eigenvalue weighted by atomic mass is 10.1. The third kappa shape index (κ3) is 7.80. The molecule has 0 bridgehead atoms. The second-order valence-electron chi connectivity index (χ2n) is 9.50. The maximum atomic E-state index is 12.9. The molecule has 5 aromatic carbocycles. The summed E-state index contributed by atoms with van der Waals surface area (Å²) in [5.41, 5.74) is 3.28. The zero-order valence-electron chi connectivity index (χ0n) is 23.2. The molecular weight excluding hydrogens is 603 g/mol. The van der Waals surface area contributed by atoms with E-state index in [0.717, 1.165) is 10.8 Å². The zero-order chi connectivity index (χ0) is 31.1. The van der Waals surface area contributed by atoms with Crippen LogP contribution in [0.2, 0.25) is 10.0 Å². The highest BCUT2D eigenvalue weighted by Crippen LogP contribution is 2.26. The Morgan fingerprint density at radius 1 is 0.705 bits per heavy atom. The Morgan fingerprint density at radius 2 is 1.30 bits per heavy atom. The van der Waals surface area contributed by atoms with Gasteiger partial charge in [-0.25, -0.2) is 15.0 Å². The van der Waals surface area contributed by atoms with Gasteiger partial charge in [0.2, 0.25) is 0 Å². The molecule has 220 valence electrons. The molecule has 0 aliphatic rings. The molecule has 1 atom stereocenters. The number of ether oxygens (including phenoxy) is 3. The lowest BCUT2D eigenvalue weighted by Crippen LogP contribution is -2.33. The van der Waals surface area contributed by atoms with E-state index in [-0.39, 0.29) is 22.6 Å². The van der Waals surface area contributed by atoms with Crippen molar-refractivity contribution in [3.05, 3.63) is 136 Å². The van der Waals surface area contributed by atoms with Crippen LogP contribution in [0.15, 0.2) is 114 Å². The average Bonchev–Trinajstić information content (AvgIpc) is 3.02. The minimum absolute atomic E-state index is 0.0322. The number of halogens is 2. The number of carbonyl (C=O) groups excluding carboxylic acids is 3. The normalized spacial score (nSPS) is 11.6. The summed E-state index contributed by atoms with van der Waals surface area (Å²) < 4.78 is 16.9. The van der Waals surface area contributed by atoms with E-state index in [2.05, 4.69) is 10.5 Å². The fraction of sp³-hybridized carbons (Fsp3) is 0.0588.